The van der Waals surface area contributed by atoms with E-state index in [1.165, 1.54) is 29.7 Å². The first-order valence-corrected chi connectivity index (χ1v) is 36.9. The van der Waals surface area contributed by atoms with Gasteiger partial charge in [0.05, 0.1) is 148 Å². The number of nitrogens with zero attached hydrogens (tertiary/aromatic N) is 3. The number of cyclic esters (lactones) is 1. The molecule has 35 heteroatoms. The molecule has 2 aromatic carbocycles. The van der Waals surface area contributed by atoms with Crippen LogP contribution < -0.4 is 48.1 Å². The van der Waals surface area contributed by atoms with E-state index >= 15 is 4.39 Å². The van der Waals surface area contributed by atoms with Crippen LogP contribution in [0.2, 0.25) is 0 Å². The third-order valence-corrected chi connectivity index (χ3v) is 18.2. The van der Waals surface area contributed by atoms with Crippen molar-refractivity contribution in [3.63, 3.8) is 0 Å². The van der Waals surface area contributed by atoms with Gasteiger partial charge in [-0.2, -0.15) is 0 Å². The number of imide groups is 1. The van der Waals surface area contributed by atoms with Crippen molar-refractivity contribution < 1.29 is 110 Å². The predicted molar refractivity (Wildman–Crippen MR) is 389 cm³/mol. The summed E-state index contributed by atoms with van der Waals surface area (Å²) in [6.07, 6.45) is 3.74. The number of pyridine rings is 2. The fourth-order valence-electron chi connectivity index (χ4n) is 12.0. The molecule has 4 atom stereocenters. The molecule has 0 bridgehead atoms. The van der Waals surface area contributed by atoms with Gasteiger partial charge in [0.15, 0.2) is 5.60 Å². The highest BCUT2D eigenvalue weighted by atomic mass is 19.1. The van der Waals surface area contributed by atoms with Gasteiger partial charge in [0, 0.05) is 80.7 Å². The van der Waals surface area contributed by atoms with E-state index in [0.717, 1.165) is 17.7 Å². The molecule has 5 heterocycles. The highest BCUT2D eigenvalue weighted by Crippen LogP contribution is 2.46. The number of rotatable bonds is 53. The number of aromatic nitrogens is 2. The summed E-state index contributed by atoms with van der Waals surface area (Å²) < 4.78 is 70.8. The number of hydrogen-bond acceptors (Lipinski definition) is 24. The highest BCUT2D eigenvalue weighted by molar-refractivity contribution is 6.12. The van der Waals surface area contributed by atoms with Crippen molar-refractivity contribution in [1.29, 1.82) is 0 Å². The van der Waals surface area contributed by atoms with Gasteiger partial charge in [-0.3, -0.25) is 57.6 Å². The molecule has 1 saturated carbocycles. The quantitative estimate of drug-likeness (QED) is 0.0105. The number of esters is 1. The number of aryl methyl sites for hydroxylation is 1. The molecule has 4 aromatic rings. The fourth-order valence-corrected chi connectivity index (χ4v) is 12.0. The van der Waals surface area contributed by atoms with Crippen molar-refractivity contribution in [3.8, 4) is 11.4 Å². The van der Waals surface area contributed by atoms with E-state index in [1.807, 2.05) is 0 Å². The number of benzene rings is 2. The van der Waals surface area contributed by atoms with E-state index in [0.29, 0.717) is 138 Å². The van der Waals surface area contributed by atoms with E-state index < -0.39 is 127 Å². The Morgan fingerprint density at radius 3 is 1.85 bits per heavy atom. The van der Waals surface area contributed by atoms with E-state index in [-0.39, 0.29) is 107 Å². The van der Waals surface area contributed by atoms with Crippen LogP contribution in [0, 0.1) is 18.7 Å². The minimum atomic E-state index is -2.04. The molecule has 0 radical (unpaired) electrons. The molecule has 34 nitrogen and oxygen atoms in total. The van der Waals surface area contributed by atoms with E-state index in [4.69, 9.17) is 52.4 Å². The number of amides is 10. The number of aliphatic hydroxyl groups is 1. The fraction of sp³-hybridized carbons (Fsp3) is 0.560. The summed E-state index contributed by atoms with van der Waals surface area (Å²) in [4.78, 5) is 163. The van der Waals surface area contributed by atoms with Crippen LogP contribution in [0.5, 0.6) is 0 Å². The van der Waals surface area contributed by atoms with E-state index in [1.54, 1.807) is 56.5 Å². The second-order valence-corrected chi connectivity index (χ2v) is 26.5. The summed E-state index contributed by atoms with van der Waals surface area (Å²) >= 11 is 0. The zero-order valence-corrected chi connectivity index (χ0v) is 62.3. The maximum atomic E-state index is 15.1. The van der Waals surface area contributed by atoms with Gasteiger partial charge in [-0.15, -0.1) is 0 Å². The maximum Gasteiger partial charge on any atom is 0.343 e. The van der Waals surface area contributed by atoms with Crippen LogP contribution >= 0.6 is 0 Å². The molecule has 2 aromatic heterocycles. The second kappa shape index (κ2) is 44.9. The van der Waals surface area contributed by atoms with Crippen LogP contribution in [-0.2, 0) is 132 Å². The molecule has 110 heavy (non-hydrogen) atoms. The molecular formula is C75H100FN11O23. The average molecular weight is 1540 g/mol. The highest BCUT2D eigenvalue weighted by Gasteiger charge is 2.50. The van der Waals surface area contributed by atoms with Crippen molar-refractivity contribution in [1.82, 2.24) is 57.0 Å². The Balaban J connectivity index is 0.722. The minimum absolute atomic E-state index is 0.000807. The minimum Gasteiger partial charge on any atom is -0.458 e. The normalized spacial score (nSPS) is 15.6. The molecule has 8 rings (SSSR count). The molecule has 9 N–H and O–H groups in total. The topological polar surface area (TPSA) is 435 Å². The lowest BCUT2D eigenvalue weighted by Crippen LogP contribution is -2.52. The van der Waals surface area contributed by atoms with E-state index in [9.17, 15) is 62.6 Å². The number of carbonyl (C=O) groups is 11. The van der Waals surface area contributed by atoms with Crippen LogP contribution in [0.3, 0.4) is 0 Å². The predicted octanol–water partition coefficient (Wildman–Crippen LogP) is -0.282. The lowest BCUT2D eigenvalue weighted by Gasteiger charge is -2.32. The molecule has 600 valence electrons. The Labute approximate surface area is 634 Å². The first kappa shape index (κ1) is 86.0. The van der Waals surface area contributed by atoms with Crippen LogP contribution in [0.25, 0.3) is 22.3 Å². The van der Waals surface area contributed by atoms with Crippen molar-refractivity contribution in [3.05, 3.63) is 110 Å². The van der Waals surface area contributed by atoms with Crippen molar-refractivity contribution in [2.24, 2.45) is 5.92 Å². The summed E-state index contributed by atoms with van der Waals surface area (Å²) in [5.41, 5.74) is 0.651. The number of methoxy groups -OCH3 is 1. The number of halogens is 1. The van der Waals surface area contributed by atoms with Crippen molar-refractivity contribution in [2.75, 3.05) is 146 Å². The zero-order chi connectivity index (χ0) is 78.8. The zero-order valence-electron chi connectivity index (χ0n) is 62.3. The lowest BCUT2D eigenvalue weighted by molar-refractivity contribution is -0.173. The summed E-state index contributed by atoms with van der Waals surface area (Å²) in [5.74, 6) is -7.56. The molecular weight excluding hydrogens is 1440 g/mol. The summed E-state index contributed by atoms with van der Waals surface area (Å²) in [6.45, 7) is 6.22. The van der Waals surface area contributed by atoms with Gasteiger partial charge in [-0.25, -0.2) is 14.2 Å². The number of carbonyl (C=O) groups excluding carboxylic acids is 11. The molecule has 1 fully saturated rings. The standard InChI is InChI=1S/C75H100FN11O23/c1-48-36-52-53(54-45-87-61(69(54)85-59(52)39-57(48)76)38-56-55(73(87)98)46-109-74(99)75(56,100)40-51-13-14-51)41-80-70(95)49(2)110-47-82-65(91)43-81-72(97)60(37-50-10-6-4-7-11-50)84-66(92)44-79-64(90)42-78-62(88)16-15-58(83-63(89)12-8-5-9-20-86-67(93)17-18-68(86)94)71(96)77-19-21-102-24-25-104-28-29-106-32-33-108-35-34-107-31-30-105-27-26-103-23-22-101-3/h4,6-7,10-11,17-18,36,38-39,49,51,58,60,100H,5,8-9,12-16,19-35,37,40-47H2,1-3H3,(H,77,96)(H,78,88)(H,79,90)(H,80,95)(H,81,97)(H,82,91)(H,83,89)(H,84,92)/t49-,58-,60-,75-/m0/s1. The first-order valence-electron chi connectivity index (χ1n) is 36.9. The first-order chi connectivity index (χ1) is 53.1. The van der Waals surface area contributed by atoms with Crippen LogP contribution in [0.1, 0.15) is 98.1 Å². The summed E-state index contributed by atoms with van der Waals surface area (Å²) in [5, 5.41) is 32.8. The van der Waals surface area contributed by atoms with Gasteiger partial charge in [-0.05, 0) is 74.3 Å². The molecule has 10 amide bonds. The Morgan fingerprint density at radius 1 is 0.636 bits per heavy atom. The Hall–Kier alpha value is -9.56. The molecule has 1 aliphatic carbocycles. The molecule has 4 aliphatic rings. The van der Waals surface area contributed by atoms with Gasteiger partial charge < -0.3 is 99.6 Å². The van der Waals surface area contributed by atoms with Gasteiger partial charge in [0.2, 0.25) is 47.3 Å². The Bertz CT molecular complexity index is 3920. The summed E-state index contributed by atoms with van der Waals surface area (Å²) in [6, 6.07) is 10.6. The molecule has 0 spiro atoms. The van der Waals surface area contributed by atoms with Gasteiger partial charge in [-0.1, -0.05) is 49.6 Å². The number of unbranched alkanes of at least 4 members (excludes halogenated alkanes) is 2. The van der Waals surface area contributed by atoms with Crippen LogP contribution in [0.4, 0.5) is 4.39 Å². The number of nitrogens with one attached hydrogen (secondary N) is 8. The Kier molecular flexibility index (Phi) is 35.1. The average Bonchev–Trinajstić information content (AvgIpc) is 1.52. The number of hydrogen-bond donors (Lipinski definition) is 9. The van der Waals surface area contributed by atoms with Crippen LogP contribution in [-0.4, -0.2) is 248 Å². The summed E-state index contributed by atoms with van der Waals surface area (Å²) in [7, 11) is 1.61. The third kappa shape index (κ3) is 27.2. The number of fused-ring (bicyclic) bond motifs is 5. The monoisotopic (exact) mass is 1540 g/mol. The SMILES string of the molecule is COCCOCCOCCOCCOCCOCCOCCOCCNC(=O)[C@H](CCC(=O)NCC(=O)NCC(=O)N[C@@H](Cc1ccccc1)C(=O)NCC(=O)NCO[C@@H](C)C(=O)NCc1c2c(nc3cc(F)c(C)cc13)-c1cc3c(c(=O)n1C2)COC(=O)[C@]3(O)CC1CC1)NC(=O)CCCCCN1C(=O)C=CC1=O. The Morgan fingerprint density at radius 2 is 1.22 bits per heavy atom. The van der Waals surface area contributed by atoms with Crippen molar-refractivity contribution in [2.45, 2.75) is 122 Å². The van der Waals surface area contributed by atoms with Gasteiger partial charge in [0.25, 0.3) is 17.4 Å². The maximum absolute atomic E-state index is 15.1. The largest absolute Gasteiger partial charge is 0.458 e. The molecule has 0 unspecified atom stereocenters. The van der Waals surface area contributed by atoms with Gasteiger partial charge >= 0.3 is 5.97 Å². The van der Waals surface area contributed by atoms with Crippen LogP contribution in [0.15, 0.2) is 65.5 Å². The molecule has 3 aliphatic heterocycles. The van der Waals surface area contributed by atoms with Crippen molar-refractivity contribution >= 4 is 75.9 Å². The van der Waals surface area contributed by atoms with E-state index in [2.05, 4.69) is 42.5 Å². The third-order valence-electron chi connectivity index (χ3n) is 18.2. The smallest absolute Gasteiger partial charge is 0.343 e. The number of ether oxygens (including phenoxy) is 10. The lowest BCUT2D eigenvalue weighted by atomic mass is 9.84. The second-order valence-electron chi connectivity index (χ2n) is 26.5. The molecule has 0 saturated heterocycles. The van der Waals surface area contributed by atoms with Gasteiger partial charge in [0.1, 0.15) is 37.3 Å².